The highest BCUT2D eigenvalue weighted by Crippen LogP contribution is 2.31. The van der Waals surface area contributed by atoms with Gasteiger partial charge in [-0.05, 0) is 43.5 Å². The molecule has 29 heavy (non-hydrogen) atoms. The maximum atomic E-state index is 13.7. The molecule has 1 aromatic carbocycles. The molecule has 3 heterocycles. The SMILES string of the molecule is CC(C)(C)Cc1ncc2nc(Nc3cc(F)cc(F)c3)n(C3CCNCC3)c2n1. The first kappa shape index (κ1) is 19.7. The summed E-state index contributed by atoms with van der Waals surface area (Å²) in [6.07, 6.45) is 4.34. The van der Waals surface area contributed by atoms with E-state index in [4.69, 9.17) is 4.98 Å². The summed E-state index contributed by atoms with van der Waals surface area (Å²) in [5.41, 5.74) is 1.80. The molecule has 0 saturated carbocycles. The molecular formula is C21H26F2N6. The van der Waals surface area contributed by atoms with Crippen molar-refractivity contribution in [2.45, 2.75) is 46.1 Å². The lowest BCUT2D eigenvalue weighted by atomic mass is 9.92. The van der Waals surface area contributed by atoms with Crippen LogP contribution in [0.5, 0.6) is 0 Å². The van der Waals surface area contributed by atoms with Crippen LogP contribution in [0, 0.1) is 17.0 Å². The Labute approximate surface area is 168 Å². The number of nitrogens with zero attached hydrogens (tertiary/aromatic N) is 4. The average Bonchev–Trinajstić information content (AvgIpc) is 2.97. The maximum absolute atomic E-state index is 13.7. The summed E-state index contributed by atoms with van der Waals surface area (Å²) in [5, 5.41) is 6.46. The summed E-state index contributed by atoms with van der Waals surface area (Å²) in [4.78, 5) is 13.9. The van der Waals surface area contributed by atoms with E-state index in [9.17, 15) is 8.78 Å². The molecule has 1 aliphatic heterocycles. The van der Waals surface area contributed by atoms with Crippen molar-refractivity contribution in [1.29, 1.82) is 0 Å². The van der Waals surface area contributed by atoms with Gasteiger partial charge < -0.3 is 10.6 Å². The summed E-state index contributed by atoms with van der Waals surface area (Å²) in [5.74, 6) is 0.0242. The Balaban J connectivity index is 1.79. The Hall–Kier alpha value is -2.61. The third-order valence-corrected chi connectivity index (χ3v) is 4.96. The van der Waals surface area contributed by atoms with Gasteiger partial charge in [-0.2, -0.15) is 0 Å². The molecule has 1 aliphatic rings. The van der Waals surface area contributed by atoms with E-state index >= 15 is 0 Å². The maximum Gasteiger partial charge on any atom is 0.209 e. The van der Waals surface area contributed by atoms with Gasteiger partial charge in [0.2, 0.25) is 5.95 Å². The Bertz CT molecular complexity index is 998. The predicted octanol–water partition coefficient (Wildman–Crippen LogP) is 4.36. The summed E-state index contributed by atoms with van der Waals surface area (Å²) in [6, 6.07) is 3.56. The van der Waals surface area contributed by atoms with Gasteiger partial charge >= 0.3 is 0 Å². The van der Waals surface area contributed by atoms with E-state index in [1.54, 1.807) is 6.20 Å². The lowest BCUT2D eigenvalue weighted by molar-refractivity contribution is 0.375. The fourth-order valence-corrected chi connectivity index (χ4v) is 3.74. The van der Waals surface area contributed by atoms with Crippen LogP contribution >= 0.6 is 0 Å². The number of anilines is 2. The van der Waals surface area contributed by atoms with Crippen LogP contribution in [0.3, 0.4) is 0 Å². The van der Waals surface area contributed by atoms with Crippen LogP contribution in [-0.4, -0.2) is 32.6 Å². The number of nitrogens with one attached hydrogen (secondary N) is 2. The Morgan fingerprint density at radius 2 is 1.79 bits per heavy atom. The van der Waals surface area contributed by atoms with E-state index in [0.717, 1.165) is 49.9 Å². The largest absolute Gasteiger partial charge is 0.325 e. The molecule has 0 amide bonds. The lowest BCUT2D eigenvalue weighted by Gasteiger charge is -2.26. The van der Waals surface area contributed by atoms with E-state index in [-0.39, 0.29) is 11.5 Å². The molecule has 0 spiro atoms. The van der Waals surface area contributed by atoms with Gasteiger partial charge in [-0.15, -0.1) is 0 Å². The van der Waals surface area contributed by atoms with Gasteiger partial charge in [0, 0.05) is 24.2 Å². The second-order valence-electron chi connectivity index (χ2n) is 8.80. The molecule has 2 aromatic heterocycles. The minimum Gasteiger partial charge on any atom is -0.325 e. The van der Waals surface area contributed by atoms with Crippen LogP contribution in [0.2, 0.25) is 0 Å². The molecule has 0 atom stereocenters. The van der Waals surface area contributed by atoms with Crippen LogP contribution < -0.4 is 10.6 Å². The molecule has 4 rings (SSSR count). The Kier molecular flexibility index (Phi) is 5.21. The van der Waals surface area contributed by atoms with E-state index < -0.39 is 11.6 Å². The van der Waals surface area contributed by atoms with Crippen LogP contribution in [0.25, 0.3) is 11.2 Å². The minimum absolute atomic E-state index is 0.0630. The first-order valence-corrected chi connectivity index (χ1v) is 9.96. The number of hydrogen-bond acceptors (Lipinski definition) is 5. The fourth-order valence-electron chi connectivity index (χ4n) is 3.74. The first-order valence-electron chi connectivity index (χ1n) is 9.96. The van der Waals surface area contributed by atoms with Gasteiger partial charge in [0.1, 0.15) is 23.0 Å². The average molecular weight is 400 g/mol. The third kappa shape index (κ3) is 4.53. The number of rotatable bonds is 4. The second kappa shape index (κ2) is 7.67. The molecule has 0 aliphatic carbocycles. The predicted molar refractivity (Wildman–Crippen MR) is 109 cm³/mol. The lowest BCUT2D eigenvalue weighted by Crippen LogP contribution is -2.30. The van der Waals surface area contributed by atoms with Gasteiger partial charge in [-0.1, -0.05) is 20.8 Å². The van der Waals surface area contributed by atoms with Gasteiger partial charge in [-0.3, -0.25) is 4.57 Å². The van der Waals surface area contributed by atoms with Gasteiger partial charge in [0.15, 0.2) is 5.65 Å². The molecule has 8 heteroatoms. The highest BCUT2D eigenvalue weighted by atomic mass is 19.1. The smallest absolute Gasteiger partial charge is 0.209 e. The molecule has 3 aromatic rings. The van der Waals surface area contributed by atoms with E-state index in [1.807, 2.05) is 0 Å². The number of hydrogen-bond donors (Lipinski definition) is 2. The topological polar surface area (TPSA) is 67.7 Å². The molecule has 0 radical (unpaired) electrons. The van der Waals surface area contributed by atoms with Gasteiger partial charge in [0.05, 0.1) is 6.20 Å². The van der Waals surface area contributed by atoms with Crippen LogP contribution in [0.4, 0.5) is 20.4 Å². The summed E-state index contributed by atoms with van der Waals surface area (Å²) < 4.78 is 29.4. The molecule has 0 unspecified atom stereocenters. The van der Waals surface area contributed by atoms with Crippen LogP contribution in [0.1, 0.15) is 45.5 Å². The first-order chi connectivity index (χ1) is 13.8. The zero-order valence-corrected chi connectivity index (χ0v) is 17.0. The highest BCUT2D eigenvalue weighted by Gasteiger charge is 2.24. The Morgan fingerprint density at radius 1 is 1.10 bits per heavy atom. The Morgan fingerprint density at radius 3 is 2.45 bits per heavy atom. The zero-order valence-electron chi connectivity index (χ0n) is 17.0. The van der Waals surface area contributed by atoms with Crippen molar-refractivity contribution >= 4 is 22.8 Å². The van der Waals surface area contributed by atoms with Gasteiger partial charge in [-0.25, -0.2) is 23.7 Å². The number of benzene rings is 1. The number of aromatic nitrogens is 4. The fraction of sp³-hybridized carbons (Fsp3) is 0.476. The van der Waals surface area contributed by atoms with Crippen LogP contribution in [-0.2, 0) is 6.42 Å². The van der Waals surface area contributed by atoms with Crippen molar-refractivity contribution in [2.24, 2.45) is 5.41 Å². The zero-order chi connectivity index (χ0) is 20.6. The monoisotopic (exact) mass is 400 g/mol. The minimum atomic E-state index is -0.635. The van der Waals surface area contributed by atoms with Crippen molar-refractivity contribution < 1.29 is 8.78 Å². The van der Waals surface area contributed by atoms with Crippen LogP contribution in [0.15, 0.2) is 24.4 Å². The van der Waals surface area contributed by atoms with Crippen molar-refractivity contribution in [3.8, 4) is 0 Å². The van der Waals surface area contributed by atoms with Crippen molar-refractivity contribution in [2.75, 3.05) is 18.4 Å². The third-order valence-electron chi connectivity index (χ3n) is 4.96. The summed E-state index contributed by atoms with van der Waals surface area (Å²) in [7, 11) is 0. The van der Waals surface area contributed by atoms with Gasteiger partial charge in [0.25, 0.3) is 0 Å². The molecule has 0 bridgehead atoms. The van der Waals surface area contributed by atoms with Crippen molar-refractivity contribution in [3.63, 3.8) is 0 Å². The number of fused-ring (bicyclic) bond motifs is 1. The summed E-state index contributed by atoms with van der Waals surface area (Å²) >= 11 is 0. The van der Waals surface area contributed by atoms with Crippen molar-refractivity contribution in [1.82, 2.24) is 24.8 Å². The normalized spacial score (nSPS) is 15.8. The standard InChI is InChI=1S/C21H26F2N6/c1-21(2,3)11-18-25-12-17-19(28-18)29(16-4-6-24-7-5-16)20(27-17)26-15-9-13(22)8-14(23)10-15/h8-10,12,16,24H,4-7,11H2,1-3H3,(H,26,27). The molecule has 1 saturated heterocycles. The number of halogens is 2. The van der Waals surface area contributed by atoms with Crippen molar-refractivity contribution in [3.05, 3.63) is 41.9 Å². The van der Waals surface area contributed by atoms with E-state index in [0.29, 0.717) is 17.2 Å². The molecule has 1 fully saturated rings. The molecule has 2 N–H and O–H groups in total. The van der Waals surface area contributed by atoms with E-state index in [1.165, 1.54) is 12.1 Å². The molecule has 6 nitrogen and oxygen atoms in total. The summed E-state index contributed by atoms with van der Waals surface area (Å²) in [6.45, 7) is 8.25. The quantitative estimate of drug-likeness (QED) is 0.681. The number of piperidine rings is 1. The second-order valence-corrected chi connectivity index (χ2v) is 8.80. The molecule has 154 valence electrons. The highest BCUT2D eigenvalue weighted by molar-refractivity contribution is 5.75. The molecular weight excluding hydrogens is 374 g/mol. The number of imidazole rings is 1. The van der Waals surface area contributed by atoms with E-state index in [2.05, 4.69) is 45.9 Å².